The fraction of sp³-hybridized carbons (Fsp3) is 0.400. The zero-order valence-electron chi connectivity index (χ0n) is 11.4. The van der Waals surface area contributed by atoms with E-state index >= 15 is 0 Å². The van der Waals surface area contributed by atoms with Crippen LogP contribution in [0, 0.1) is 0 Å². The third kappa shape index (κ3) is 6.50. The van der Waals surface area contributed by atoms with Crippen molar-refractivity contribution in [3.63, 3.8) is 0 Å². The molecule has 0 aliphatic carbocycles. The Morgan fingerprint density at radius 3 is 2.74 bits per heavy atom. The third-order valence-electron chi connectivity index (χ3n) is 2.53. The second-order valence-corrected chi connectivity index (χ2v) is 4.18. The van der Waals surface area contributed by atoms with Crippen LogP contribution in [0.3, 0.4) is 0 Å². The van der Waals surface area contributed by atoms with Gasteiger partial charge in [0.25, 0.3) is 0 Å². The summed E-state index contributed by atoms with van der Waals surface area (Å²) in [7, 11) is 0. The molecule has 1 amide bonds. The van der Waals surface area contributed by atoms with Gasteiger partial charge >= 0.3 is 0 Å². The summed E-state index contributed by atoms with van der Waals surface area (Å²) in [6.07, 6.45) is 3.80. The molecule has 4 nitrogen and oxygen atoms in total. The summed E-state index contributed by atoms with van der Waals surface area (Å²) in [5.74, 6) is 0.804. The van der Waals surface area contributed by atoms with Crippen molar-refractivity contribution in [3.8, 4) is 5.75 Å². The lowest BCUT2D eigenvalue weighted by atomic mass is 10.3. The molecule has 0 radical (unpaired) electrons. The first-order valence-electron chi connectivity index (χ1n) is 6.60. The van der Waals surface area contributed by atoms with Crippen LogP contribution < -0.4 is 15.4 Å². The largest absolute Gasteiger partial charge is 0.490 e. The summed E-state index contributed by atoms with van der Waals surface area (Å²) < 4.78 is 5.38. The molecule has 1 aromatic rings. The van der Waals surface area contributed by atoms with E-state index in [1.807, 2.05) is 24.3 Å². The quantitative estimate of drug-likeness (QED) is 0.531. The van der Waals surface area contributed by atoms with Crippen molar-refractivity contribution in [3.05, 3.63) is 36.9 Å². The van der Waals surface area contributed by atoms with Crippen molar-refractivity contribution in [1.82, 2.24) is 5.32 Å². The number of hydrogen-bond donors (Lipinski definition) is 2. The Labute approximate surface area is 114 Å². The molecule has 4 heteroatoms. The average Bonchev–Trinajstić information content (AvgIpc) is 2.44. The Morgan fingerprint density at radius 2 is 2.11 bits per heavy atom. The Hall–Kier alpha value is -1.97. The normalized spacial score (nSPS) is 9.74. The minimum Gasteiger partial charge on any atom is -0.490 e. The number of anilines is 1. The molecule has 19 heavy (non-hydrogen) atoms. The van der Waals surface area contributed by atoms with E-state index in [4.69, 9.17) is 4.74 Å². The lowest BCUT2D eigenvalue weighted by Crippen LogP contribution is -2.30. The third-order valence-corrected chi connectivity index (χ3v) is 2.53. The Kier molecular flexibility index (Phi) is 7.17. The molecule has 0 fully saturated rings. The SMILES string of the molecule is C=CCOc1ccc(NCC(=O)NCCCC)cc1. The lowest BCUT2D eigenvalue weighted by molar-refractivity contribution is -0.119. The monoisotopic (exact) mass is 262 g/mol. The first kappa shape index (κ1) is 15.1. The van der Waals surface area contributed by atoms with Crippen LogP contribution in [-0.4, -0.2) is 25.6 Å². The predicted molar refractivity (Wildman–Crippen MR) is 78.5 cm³/mol. The van der Waals surface area contributed by atoms with E-state index in [9.17, 15) is 4.79 Å². The molecule has 0 saturated heterocycles. The molecule has 0 aliphatic heterocycles. The minimum absolute atomic E-state index is 0.0143. The fourth-order valence-corrected chi connectivity index (χ4v) is 1.47. The Balaban J connectivity index is 2.29. The van der Waals surface area contributed by atoms with Gasteiger partial charge in [0, 0.05) is 12.2 Å². The summed E-state index contributed by atoms with van der Waals surface area (Å²) in [4.78, 5) is 11.5. The molecular weight excluding hydrogens is 240 g/mol. The highest BCUT2D eigenvalue weighted by Gasteiger charge is 2.00. The van der Waals surface area contributed by atoms with E-state index in [-0.39, 0.29) is 12.5 Å². The molecule has 1 rings (SSSR count). The number of nitrogens with one attached hydrogen (secondary N) is 2. The highest BCUT2D eigenvalue weighted by atomic mass is 16.5. The van der Waals surface area contributed by atoms with Crippen molar-refractivity contribution in [2.75, 3.05) is 25.0 Å². The molecule has 0 aromatic heterocycles. The Morgan fingerprint density at radius 1 is 1.37 bits per heavy atom. The number of benzene rings is 1. The van der Waals surface area contributed by atoms with Crippen LogP contribution in [0.15, 0.2) is 36.9 Å². The van der Waals surface area contributed by atoms with Gasteiger partial charge in [-0.05, 0) is 30.7 Å². The molecule has 104 valence electrons. The molecule has 2 N–H and O–H groups in total. The summed E-state index contributed by atoms with van der Waals surface area (Å²) in [5, 5.41) is 5.92. The molecule has 0 heterocycles. The van der Waals surface area contributed by atoms with E-state index in [0.717, 1.165) is 30.8 Å². The van der Waals surface area contributed by atoms with Gasteiger partial charge < -0.3 is 15.4 Å². The lowest BCUT2D eigenvalue weighted by Gasteiger charge is -2.08. The highest BCUT2D eigenvalue weighted by Crippen LogP contribution is 2.15. The van der Waals surface area contributed by atoms with E-state index in [1.165, 1.54) is 0 Å². The maximum Gasteiger partial charge on any atom is 0.239 e. The predicted octanol–water partition coefficient (Wildman–Crippen LogP) is 2.58. The maximum absolute atomic E-state index is 11.5. The van der Waals surface area contributed by atoms with Crippen LogP contribution in [0.25, 0.3) is 0 Å². The smallest absolute Gasteiger partial charge is 0.239 e. The number of hydrogen-bond acceptors (Lipinski definition) is 3. The van der Waals surface area contributed by atoms with E-state index in [0.29, 0.717) is 6.61 Å². The fourth-order valence-electron chi connectivity index (χ4n) is 1.47. The van der Waals surface area contributed by atoms with Crippen molar-refractivity contribution < 1.29 is 9.53 Å². The van der Waals surface area contributed by atoms with Gasteiger partial charge in [-0.25, -0.2) is 0 Å². The van der Waals surface area contributed by atoms with Crippen LogP contribution in [0.5, 0.6) is 5.75 Å². The number of carbonyl (C=O) groups is 1. The average molecular weight is 262 g/mol. The molecule has 0 atom stereocenters. The molecule has 0 spiro atoms. The van der Waals surface area contributed by atoms with Crippen molar-refractivity contribution in [2.24, 2.45) is 0 Å². The van der Waals surface area contributed by atoms with Crippen LogP contribution in [0.4, 0.5) is 5.69 Å². The van der Waals surface area contributed by atoms with Gasteiger partial charge in [-0.2, -0.15) is 0 Å². The topological polar surface area (TPSA) is 50.4 Å². The van der Waals surface area contributed by atoms with Crippen molar-refractivity contribution in [2.45, 2.75) is 19.8 Å². The van der Waals surface area contributed by atoms with Gasteiger partial charge in [0.1, 0.15) is 12.4 Å². The van der Waals surface area contributed by atoms with Crippen LogP contribution >= 0.6 is 0 Å². The standard InChI is InChI=1S/C15H22N2O2/c1-3-5-10-16-15(18)12-17-13-6-8-14(9-7-13)19-11-4-2/h4,6-9,17H,2-3,5,10-12H2,1H3,(H,16,18). The molecular formula is C15H22N2O2. The summed E-state index contributed by atoms with van der Waals surface area (Å²) >= 11 is 0. The number of carbonyl (C=O) groups excluding carboxylic acids is 1. The van der Waals surface area contributed by atoms with Crippen molar-refractivity contribution in [1.29, 1.82) is 0 Å². The zero-order valence-corrected chi connectivity index (χ0v) is 11.4. The van der Waals surface area contributed by atoms with Crippen LogP contribution in [-0.2, 0) is 4.79 Å². The summed E-state index contributed by atoms with van der Waals surface area (Å²) in [6.45, 7) is 7.21. The number of ether oxygens (including phenoxy) is 1. The molecule has 0 unspecified atom stereocenters. The second-order valence-electron chi connectivity index (χ2n) is 4.18. The second kappa shape index (κ2) is 9.03. The van der Waals surface area contributed by atoms with E-state index < -0.39 is 0 Å². The molecule has 0 saturated carbocycles. The van der Waals surface area contributed by atoms with Gasteiger partial charge in [0.2, 0.25) is 5.91 Å². The van der Waals surface area contributed by atoms with Gasteiger partial charge in [-0.3, -0.25) is 4.79 Å². The maximum atomic E-state index is 11.5. The van der Waals surface area contributed by atoms with Gasteiger partial charge in [0.05, 0.1) is 6.54 Å². The number of unbranched alkanes of at least 4 members (excludes halogenated alkanes) is 1. The van der Waals surface area contributed by atoms with E-state index in [1.54, 1.807) is 6.08 Å². The minimum atomic E-state index is 0.0143. The Bertz CT molecular complexity index is 388. The highest BCUT2D eigenvalue weighted by molar-refractivity contribution is 5.80. The number of rotatable bonds is 9. The molecule has 0 aliphatic rings. The van der Waals surface area contributed by atoms with Gasteiger partial charge in [-0.1, -0.05) is 26.0 Å². The molecule has 1 aromatic carbocycles. The first-order chi connectivity index (χ1) is 9.26. The molecule has 0 bridgehead atoms. The summed E-state index contributed by atoms with van der Waals surface area (Å²) in [6, 6.07) is 7.50. The summed E-state index contributed by atoms with van der Waals surface area (Å²) in [5.41, 5.74) is 0.900. The van der Waals surface area contributed by atoms with Gasteiger partial charge in [0.15, 0.2) is 0 Å². The number of amides is 1. The van der Waals surface area contributed by atoms with Crippen LogP contribution in [0.2, 0.25) is 0 Å². The first-order valence-corrected chi connectivity index (χ1v) is 6.60. The zero-order chi connectivity index (χ0) is 13.9. The van der Waals surface area contributed by atoms with Gasteiger partial charge in [-0.15, -0.1) is 0 Å². The van der Waals surface area contributed by atoms with Crippen molar-refractivity contribution >= 4 is 11.6 Å². The van der Waals surface area contributed by atoms with E-state index in [2.05, 4.69) is 24.1 Å². The van der Waals surface area contributed by atoms with Crippen LogP contribution in [0.1, 0.15) is 19.8 Å².